The van der Waals surface area contributed by atoms with Gasteiger partial charge < -0.3 is 10.2 Å². The van der Waals surface area contributed by atoms with Crippen LogP contribution in [-0.2, 0) is 11.2 Å². The first-order valence-electron chi connectivity index (χ1n) is 4.34. The number of carbonyl (C=O) groups is 1. The van der Waals surface area contributed by atoms with Crippen molar-refractivity contribution in [1.82, 2.24) is 0 Å². The number of hydrogen-bond donors (Lipinski definition) is 2. The van der Waals surface area contributed by atoms with Crippen LogP contribution < -0.4 is 0 Å². The number of carboxylic acid groups (broad SMARTS) is 1. The maximum atomic E-state index is 12.6. The molecule has 6 heteroatoms. The summed E-state index contributed by atoms with van der Waals surface area (Å²) >= 11 is 5.61. The van der Waals surface area contributed by atoms with Crippen molar-refractivity contribution in [3.05, 3.63) is 35.6 Å². The molecule has 86 valence electrons. The number of carboxylic acids is 1. The Balaban J connectivity index is 2.52. The summed E-state index contributed by atoms with van der Waals surface area (Å²) in [5.74, 6) is -1.67. The number of hydrogen-bond acceptors (Lipinski definition) is 4. The molecule has 0 aromatic heterocycles. The second-order valence-electron chi connectivity index (χ2n) is 2.98. The van der Waals surface area contributed by atoms with Crippen LogP contribution in [0.4, 0.5) is 4.39 Å². The molecular formula is C10H9FO3S2. The molecule has 2 N–H and O–H groups in total. The second kappa shape index (κ2) is 5.93. The van der Waals surface area contributed by atoms with E-state index in [9.17, 15) is 9.18 Å². The predicted octanol–water partition coefficient (Wildman–Crippen LogP) is 1.83. The van der Waals surface area contributed by atoms with E-state index in [4.69, 9.17) is 22.4 Å². The summed E-state index contributed by atoms with van der Waals surface area (Å²) in [7, 11) is 0. The van der Waals surface area contributed by atoms with Crippen LogP contribution >= 0.6 is 24.0 Å². The minimum atomic E-state index is -1.55. The van der Waals surface area contributed by atoms with Crippen LogP contribution in [0.3, 0.4) is 0 Å². The summed E-state index contributed by atoms with van der Waals surface area (Å²) in [6.07, 6.45) is 0.324. The summed E-state index contributed by atoms with van der Waals surface area (Å²) in [6.45, 7) is 0. The number of halogens is 1. The third-order valence-electron chi connectivity index (χ3n) is 1.72. The Bertz CT molecular complexity index is 392. The van der Waals surface area contributed by atoms with Crippen LogP contribution in [0.2, 0.25) is 0 Å². The van der Waals surface area contributed by atoms with Crippen molar-refractivity contribution < 1.29 is 19.4 Å². The van der Waals surface area contributed by atoms with Gasteiger partial charge in [0.25, 0.3) is 0 Å². The van der Waals surface area contributed by atoms with E-state index in [0.717, 1.165) is 5.56 Å². The zero-order valence-electron chi connectivity index (χ0n) is 8.09. The van der Waals surface area contributed by atoms with Gasteiger partial charge in [-0.3, -0.25) is 0 Å². The molecule has 0 saturated heterocycles. The van der Waals surface area contributed by atoms with Gasteiger partial charge in [-0.2, -0.15) is 0 Å². The summed E-state index contributed by atoms with van der Waals surface area (Å²) in [5.41, 5.74) is -0.774. The van der Waals surface area contributed by atoms with Crippen molar-refractivity contribution in [2.45, 2.75) is 11.9 Å². The minimum Gasteiger partial charge on any atom is -0.479 e. The summed E-state index contributed by atoms with van der Waals surface area (Å²) in [6, 6.07) is 5.73. The van der Waals surface area contributed by atoms with Gasteiger partial charge in [-0.1, -0.05) is 36.1 Å². The standard InChI is InChI=1S/C10H9FO3S2/c11-7-3-1-6(2-4-7)5-8(15)16-10(14)9(12)13/h1-4,10,14H,5H2,(H,12,13). The first kappa shape index (κ1) is 13.1. The zero-order valence-corrected chi connectivity index (χ0v) is 9.72. The molecule has 1 aromatic rings. The molecule has 1 atom stereocenters. The van der Waals surface area contributed by atoms with E-state index in [2.05, 4.69) is 0 Å². The van der Waals surface area contributed by atoms with Crippen LogP contribution in [0.25, 0.3) is 0 Å². The SMILES string of the molecule is O=C(O)C(O)SC(=S)Cc1ccc(F)cc1. The molecule has 0 heterocycles. The Kier molecular flexibility index (Phi) is 4.85. The average molecular weight is 260 g/mol. The van der Waals surface area contributed by atoms with E-state index >= 15 is 0 Å². The monoisotopic (exact) mass is 260 g/mol. The molecule has 0 radical (unpaired) electrons. The maximum Gasteiger partial charge on any atom is 0.343 e. The highest BCUT2D eigenvalue weighted by atomic mass is 32.2. The lowest BCUT2D eigenvalue weighted by Crippen LogP contribution is -2.17. The van der Waals surface area contributed by atoms with E-state index in [0.29, 0.717) is 22.4 Å². The molecule has 3 nitrogen and oxygen atoms in total. The van der Waals surface area contributed by atoms with E-state index in [1.165, 1.54) is 12.1 Å². The van der Waals surface area contributed by atoms with Gasteiger partial charge in [0, 0.05) is 6.42 Å². The quantitative estimate of drug-likeness (QED) is 0.639. The molecule has 0 aliphatic heterocycles. The number of thiocarbonyl (C=S) groups is 1. The lowest BCUT2D eigenvalue weighted by molar-refractivity contribution is -0.141. The Labute approximate surface area is 101 Å². The average Bonchev–Trinajstić information content (AvgIpc) is 2.21. The van der Waals surface area contributed by atoms with Gasteiger partial charge in [-0.15, -0.1) is 0 Å². The van der Waals surface area contributed by atoms with Crippen molar-refractivity contribution in [2.24, 2.45) is 0 Å². The Morgan fingerprint density at radius 3 is 2.50 bits per heavy atom. The van der Waals surface area contributed by atoms with Gasteiger partial charge in [0.05, 0.1) is 4.20 Å². The number of aliphatic hydroxyl groups is 1. The summed E-state index contributed by atoms with van der Waals surface area (Å²) in [5, 5.41) is 17.5. The van der Waals surface area contributed by atoms with Crippen molar-refractivity contribution in [3.8, 4) is 0 Å². The fourth-order valence-corrected chi connectivity index (χ4v) is 2.03. The van der Waals surface area contributed by atoms with Gasteiger partial charge in [0.2, 0.25) is 5.44 Å². The third-order valence-corrected chi connectivity index (χ3v) is 2.98. The molecular weight excluding hydrogens is 251 g/mol. The van der Waals surface area contributed by atoms with Crippen molar-refractivity contribution in [1.29, 1.82) is 0 Å². The van der Waals surface area contributed by atoms with Crippen LogP contribution in [-0.4, -0.2) is 25.8 Å². The van der Waals surface area contributed by atoms with Crippen molar-refractivity contribution in [2.75, 3.05) is 0 Å². The molecule has 0 aliphatic rings. The topological polar surface area (TPSA) is 57.5 Å². The van der Waals surface area contributed by atoms with Crippen LogP contribution in [0.1, 0.15) is 5.56 Å². The summed E-state index contributed by atoms with van der Waals surface area (Å²) in [4.78, 5) is 10.4. The van der Waals surface area contributed by atoms with Gasteiger partial charge in [-0.25, -0.2) is 9.18 Å². The van der Waals surface area contributed by atoms with E-state index in [-0.39, 0.29) is 5.82 Å². The van der Waals surface area contributed by atoms with Gasteiger partial charge in [0.1, 0.15) is 5.82 Å². The van der Waals surface area contributed by atoms with Gasteiger partial charge in [0.15, 0.2) is 0 Å². The fraction of sp³-hybridized carbons (Fsp3) is 0.200. The number of thioether (sulfide) groups is 1. The highest BCUT2D eigenvalue weighted by molar-refractivity contribution is 8.23. The normalized spacial score (nSPS) is 12.1. The first-order chi connectivity index (χ1) is 7.49. The molecule has 0 aliphatic carbocycles. The third kappa shape index (κ3) is 4.26. The van der Waals surface area contributed by atoms with Crippen molar-refractivity contribution in [3.63, 3.8) is 0 Å². The minimum absolute atomic E-state index is 0.324. The highest BCUT2D eigenvalue weighted by Crippen LogP contribution is 2.15. The zero-order chi connectivity index (χ0) is 12.1. The molecule has 1 aromatic carbocycles. The maximum absolute atomic E-state index is 12.6. The smallest absolute Gasteiger partial charge is 0.343 e. The molecule has 1 unspecified atom stereocenters. The number of aliphatic carboxylic acids is 1. The Hall–Kier alpha value is -0.980. The molecule has 16 heavy (non-hydrogen) atoms. The fourth-order valence-electron chi connectivity index (χ4n) is 0.986. The van der Waals surface area contributed by atoms with E-state index in [1.54, 1.807) is 12.1 Å². The lowest BCUT2D eigenvalue weighted by atomic mass is 10.2. The second-order valence-corrected chi connectivity index (χ2v) is 4.91. The molecule has 0 saturated carbocycles. The van der Waals surface area contributed by atoms with Crippen LogP contribution in [0.15, 0.2) is 24.3 Å². The molecule has 0 bridgehead atoms. The molecule has 1 rings (SSSR count). The highest BCUT2D eigenvalue weighted by Gasteiger charge is 2.16. The van der Waals surface area contributed by atoms with Gasteiger partial charge in [-0.05, 0) is 17.7 Å². The van der Waals surface area contributed by atoms with Crippen molar-refractivity contribution >= 4 is 34.1 Å². The number of aliphatic hydroxyl groups excluding tert-OH is 1. The van der Waals surface area contributed by atoms with E-state index < -0.39 is 11.4 Å². The number of benzene rings is 1. The van der Waals surface area contributed by atoms with Gasteiger partial charge >= 0.3 is 5.97 Å². The van der Waals surface area contributed by atoms with Crippen LogP contribution in [0.5, 0.6) is 0 Å². The lowest BCUT2D eigenvalue weighted by Gasteiger charge is -2.06. The number of rotatable bonds is 4. The summed E-state index contributed by atoms with van der Waals surface area (Å²) < 4.78 is 12.9. The molecule has 0 spiro atoms. The molecule has 0 fully saturated rings. The van der Waals surface area contributed by atoms with Crippen LogP contribution in [0, 0.1) is 5.82 Å². The Morgan fingerprint density at radius 2 is 2.00 bits per heavy atom. The van der Waals surface area contributed by atoms with E-state index in [1.807, 2.05) is 0 Å². The largest absolute Gasteiger partial charge is 0.479 e. The predicted molar refractivity (Wildman–Crippen MR) is 63.9 cm³/mol. The Morgan fingerprint density at radius 1 is 1.44 bits per heavy atom. The first-order valence-corrected chi connectivity index (χ1v) is 5.62. The molecule has 0 amide bonds.